The van der Waals surface area contributed by atoms with Gasteiger partial charge in [-0.25, -0.2) is 4.39 Å². The Kier molecular flexibility index (Phi) is 4.99. The summed E-state index contributed by atoms with van der Waals surface area (Å²) in [6, 6.07) is 6.26. The first-order valence-electron chi connectivity index (χ1n) is 6.30. The zero-order valence-corrected chi connectivity index (χ0v) is 11.5. The Bertz CT molecular complexity index is 319. The molecule has 0 heterocycles. The maximum atomic E-state index is 12.1. The van der Waals surface area contributed by atoms with E-state index in [-0.39, 0.29) is 5.82 Å². The maximum absolute atomic E-state index is 12.1. The third-order valence-electron chi connectivity index (χ3n) is 3.28. The minimum atomic E-state index is -0.209. The lowest BCUT2D eigenvalue weighted by atomic mass is 9.92. The van der Waals surface area contributed by atoms with E-state index >= 15 is 0 Å². The quantitative estimate of drug-likeness (QED) is 0.769. The minimum absolute atomic E-state index is 0.209. The fourth-order valence-electron chi connectivity index (χ4n) is 1.75. The highest BCUT2D eigenvalue weighted by atomic mass is 79.9. The van der Waals surface area contributed by atoms with Gasteiger partial charge >= 0.3 is 0 Å². The molecule has 2 fully saturated rings. The molecule has 2 aliphatic rings. The first kappa shape index (κ1) is 13.0. The van der Waals surface area contributed by atoms with Crippen LogP contribution in [0.3, 0.4) is 0 Å². The van der Waals surface area contributed by atoms with Gasteiger partial charge in [0.2, 0.25) is 0 Å². The Morgan fingerprint density at radius 2 is 1.65 bits per heavy atom. The first-order valence-corrected chi connectivity index (χ1v) is 7.10. The Balaban J connectivity index is 0.000000128. The highest BCUT2D eigenvalue weighted by molar-refractivity contribution is 9.10. The molecular formula is C14H18BrFO. The molecule has 1 aromatic carbocycles. The van der Waals surface area contributed by atoms with Gasteiger partial charge < -0.3 is 4.74 Å². The van der Waals surface area contributed by atoms with Gasteiger partial charge in [-0.1, -0.05) is 22.0 Å². The van der Waals surface area contributed by atoms with E-state index in [0.717, 1.165) is 4.47 Å². The van der Waals surface area contributed by atoms with Crippen LogP contribution in [-0.2, 0) is 4.74 Å². The fourth-order valence-corrected chi connectivity index (χ4v) is 2.12. The summed E-state index contributed by atoms with van der Waals surface area (Å²) in [6.07, 6.45) is 9.44. The highest BCUT2D eigenvalue weighted by Crippen LogP contribution is 2.30. The van der Waals surface area contributed by atoms with Gasteiger partial charge in [-0.15, -0.1) is 0 Å². The third-order valence-corrected chi connectivity index (χ3v) is 3.77. The molecule has 0 saturated heterocycles. The number of halogens is 2. The van der Waals surface area contributed by atoms with Gasteiger partial charge in [-0.3, -0.25) is 0 Å². The molecule has 94 valence electrons. The van der Waals surface area contributed by atoms with Crippen molar-refractivity contribution in [1.29, 1.82) is 0 Å². The van der Waals surface area contributed by atoms with Crippen molar-refractivity contribution in [3.05, 3.63) is 34.6 Å². The van der Waals surface area contributed by atoms with Crippen LogP contribution in [0.25, 0.3) is 0 Å². The lowest BCUT2D eigenvalue weighted by Crippen LogP contribution is -2.31. The summed E-state index contributed by atoms with van der Waals surface area (Å²) in [5.74, 6) is -0.209. The van der Waals surface area contributed by atoms with Gasteiger partial charge in [-0.2, -0.15) is 0 Å². The van der Waals surface area contributed by atoms with Gasteiger partial charge in [0.15, 0.2) is 0 Å². The Hall–Kier alpha value is -0.410. The maximum Gasteiger partial charge on any atom is 0.124 e. The molecule has 1 aromatic rings. The van der Waals surface area contributed by atoms with Crippen LogP contribution in [0.15, 0.2) is 28.7 Å². The standard InChI is InChI=1S/C8H14O.C6H4BrF/c1-3-7(4-1)9-8-5-2-6-8;7-5-2-1-3-6(8)4-5/h7-8H,1-6H2;1-4H. The molecule has 0 spiro atoms. The Morgan fingerprint density at radius 3 is 1.94 bits per heavy atom. The second-order valence-corrected chi connectivity index (χ2v) is 5.60. The van der Waals surface area contributed by atoms with Crippen LogP contribution in [0.1, 0.15) is 38.5 Å². The zero-order chi connectivity index (χ0) is 12.1. The van der Waals surface area contributed by atoms with Crippen LogP contribution in [0, 0.1) is 5.82 Å². The summed E-state index contributed by atoms with van der Waals surface area (Å²) < 4.78 is 18.6. The summed E-state index contributed by atoms with van der Waals surface area (Å²) in [6.45, 7) is 0. The van der Waals surface area contributed by atoms with Crippen LogP contribution >= 0.6 is 15.9 Å². The lowest BCUT2D eigenvalue weighted by Gasteiger charge is -2.34. The molecule has 0 atom stereocenters. The highest BCUT2D eigenvalue weighted by Gasteiger charge is 2.25. The van der Waals surface area contributed by atoms with E-state index < -0.39 is 0 Å². The van der Waals surface area contributed by atoms with E-state index in [1.54, 1.807) is 12.1 Å². The average Bonchev–Trinajstić information content (AvgIpc) is 2.13. The summed E-state index contributed by atoms with van der Waals surface area (Å²) in [7, 11) is 0. The molecule has 0 bridgehead atoms. The Morgan fingerprint density at radius 1 is 1.06 bits per heavy atom. The average molecular weight is 301 g/mol. The van der Waals surface area contributed by atoms with Crippen molar-refractivity contribution in [2.75, 3.05) is 0 Å². The zero-order valence-electron chi connectivity index (χ0n) is 9.87. The normalized spacial score (nSPS) is 19.9. The fraction of sp³-hybridized carbons (Fsp3) is 0.571. The van der Waals surface area contributed by atoms with Crippen molar-refractivity contribution in [3.63, 3.8) is 0 Å². The van der Waals surface area contributed by atoms with Gasteiger partial charge in [0.05, 0.1) is 12.2 Å². The van der Waals surface area contributed by atoms with Crippen molar-refractivity contribution in [1.82, 2.24) is 0 Å². The van der Waals surface area contributed by atoms with Crippen LogP contribution in [0.4, 0.5) is 4.39 Å². The number of benzene rings is 1. The van der Waals surface area contributed by atoms with Gasteiger partial charge in [-0.05, 0) is 56.7 Å². The number of rotatable bonds is 2. The molecule has 0 aliphatic heterocycles. The number of hydrogen-bond donors (Lipinski definition) is 0. The van der Waals surface area contributed by atoms with Crippen LogP contribution in [0.5, 0.6) is 0 Å². The van der Waals surface area contributed by atoms with E-state index in [2.05, 4.69) is 15.9 Å². The topological polar surface area (TPSA) is 9.23 Å². The molecular weight excluding hydrogens is 283 g/mol. The van der Waals surface area contributed by atoms with Crippen LogP contribution in [-0.4, -0.2) is 12.2 Å². The van der Waals surface area contributed by atoms with Gasteiger partial charge in [0.1, 0.15) is 5.82 Å². The monoisotopic (exact) mass is 300 g/mol. The Labute approximate surface area is 110 Å². The molecule has 0 N–H and O–H groups in total. The predicted molar refractivity (Wildman–Crippen MR) is 70.5 cm³/mol. The number of hydrogen-bond acceptors (Lipinski definition) is 1. The second-order valence-electron chi connectivity index (χ2n) is 4.68. The molecule has 0 aromatic heterocycles. The van der Waals surface area contributed by atoms with Gasteiger partial charge in [0.25, 0.3) is 0 Å². The van der Waals surface area contributed by atoms with E-state index in [1.165, 1.54) is 50.7 Å². The first-order chi connectivity index (χ1) is 8.24. The molecule has 0 amide bonds. The SMILES string of the molecule is C1CC(OC2CCC2)C1.Fc1cccc(Br)c1. The summed E-state index contributed by atoms with van der Waals surface area (Å²) in [5.41, 5.74) is 0. The molecule has 2 saturated carbocycles. The predicted octanol–water partition coefficient (Wildman–Crippen LogP) is 4.70. The molecule has 3 heteroatoms. The molecule has 17 heavy (non-hydrogen) atoms. The largest absolute Gasteiger partial charge is 0.375 e. The molecule has 0 unspecified atom stereocenters. The van der Waals surface area contributed by atoms with Crippen molar-refractivity contribution in [2.45, 2.75) is 50.7 Å². The summed E-state index contributed by atoms with van der Waals surface area (Å²) in [5, 5.41) is 0. The third kappa shape index (κ3) is 4.40. The van der Waals surface area contributed by atoms with E-state index in [0.29, 0.717) is 12.2 Å². The van der Waals surface area contributed by atoms with Crippen LogP contribution in [0.2, 0.25) is 0 Å². The smallest absolute Gasteiger partial charge is 0.124 e. The van der Waals surface area contributed by atoms with E-state index in [1.807, 2.05) is 0 Å². The molecule has 1 nitrogen and oxygen atoms in total. The van der Waals surface area contributed by atoms with E-state index in [9.17, 15) is 4.39 Å². The van der Waals surface area contributed by atoms with Crippen LogP contribution < -0.4 is 0 Å². The number of ether oxygens (including phenoxy) is 1. The minimum Gasteiger partial charge on any atom is -0.375 e. The van der Waals surface area contributed by atoms with Crippen molar-refractivity contribution in [2.24, 2.45) is 0 Å². The van der Waals surface area contributed by atoms with Gasteiger partial charge in [0, 0.05) is 4.47 Å². The summed E-state index contributed by atoms with van der Waals surface area (Å²) in [4.78, 5) is 0. The lowest BCUT2D eigenvalue weighted by molar-refractivity contribution is -0.0823. The van der Waals surface area contributed by atoms with Crippen molar-refractivity contribution in [3.8, 4) is 0 Å². The second kappa shape index (κ2) is 6.50. The molecule has 3 rings (SSSR count). The summed E-state index contributed by atoms with van der Waals surface area (Å²) >= 11 is 3.12. The van der Waals surface area contributed by atoms with Crippen molar-refractivity contribution >= 4 is 15.9 Å². The molecule has 0 radical (unpaired) electrons. The molecule has 2 aliphatic carbocycles. The van der Waals surface area contributed by atoms with Crippen molar-refractivity contribution < 1.29 is 9.13 Å². The van der Waals surface area contributed by atoms with E-state index in [4.69, 9.17) is 4.74 Å².